The molecule has 0 fully saturated rings. The van der Waals surface area contributed by atoms with Crippen LogP contribution in [0.4, 0.5) is 10.1 Å². The van der Waals surface area contributed by atoms with Crippen LogP contribution in [0.3, 0.4) is 0 Å². The van der Waals surface area contributed by atoms with Crippen molar-refractivity contribution in [2.45, 2.75) is 20.3 Å². The molecule has 4 N–H and O–H groups in total. The number of thiocarbonyl (C=S) groups is 1. The number of nitrogens with zero attached hydrogens (tertiary/aromatic N) is 1. The fourth-order valence-corrected chi connectivity index (χ4v) is 3.22. The number of nitrogens with one attached hydrogen (secondary N) is 4. The SMILES string of the molecule is CCN(CC)CCCNC(=S)NNC(=O)c1ccc(NC(=O)c2ccccc2F)cc1OC. The van der Waals surface area contributed by atoms with Gasteiger partial charge in [-0.2, -0.15) is 0 Å². The summed E-state index contributed by atoms with van der Waals surface area (Å²) in [4.78, 5) is 27.2. The molecule has 0 unspecified atom stereocenters. The zero-order valence-electron chi connectivity index (χ0n) is 19.0. The van der Waals surface area contributed by atoms with Crippen molar-refractivity contribution in [2.24, 2.45) is 0 Å². The Bertz CT molecular complexity index is 969. The molecule has 0 atom stereocenters. The summed E-state index contributed by atoms with van der Waals surface area (Å²) in [6.07, 6.45) is 0.922. The van der Waals surface area contributed by atoms with Gasteiger partial charge in [-0.05, 0) is 62.5 Å². The summed E-state index contributed by atoms with van der Waals surface area (Å²) in [6, 6.07) is 10.2. The molecule has 0 aliphatic carbocycles. The van der Waals surface area contributed by atoms with Crippen molar-refractivity contribution >= 4 is 34.8 Å². The Morgan fingerprint density at radius 3 is 2.42 bits per heavy atom. The largest absolute Gasteiger partial charge is 0.496 e. The number of hydrazine groups is 1. The molecule has 2 amide bonds. The molecule has 0 radical (unpaired) electrons. The number of carbonyl (C=O) groups excluding carboxylic acids is 2. The van der Waals surface area contributed by atoms with Crippen LogP contribution in [0.1, 0.15) is 41.0 Å². The molecule has 2 rings (SSSR count). The van der Waals surface area contributed by atoms with E-state index in [-0.39, 0.29) is 16.9 Å². The number of anilines is 1. The third-order valence-electron chi connectivity index (χ3n) is 4.94. The molecule has 8 nitrogen and oxygen atoms in total. The summed E-state index contributed by atoms with van der Waals surface area (Å²) in [6.45, 7) is 7.89. The van der Waals surface area contributed by atoms with E-state index in [1.165, 1.54) is 43.5 Å². The van der Waals surface area contributed by atoms with E-state index in [0.717, 1.165) is 26.1 Å². The van der Waals surface area contributed by atoms with E-state index in [9.17, 15) is 14.0 Å². The van der Waals surface area contributed by atoms with Crippen molar-refractivity contribution in [3.05, 3.63) is 59.4 Å². The molecule has 0 bridgehead atoms. The fraction of sp³-hybridized carbons (Fsp3) is 0.348. The minimum atomic E-state index is -0.623. The molecule has 0 saturated carbocycles. The molecule has 0 aliphatic heterocycles. The van der Waals surface area contributed by atoms with Gasteiger partial charge in [-0.1, -0.05) is 26.0 Å². The highest BCUT2D eigenvalue weighted by Crippen LogP contribution is 2.24. The van der Waals surface area contributed by atoms with E-state index in [4.69, 9.17) is 17.0 Å². The topological polar surface area (TPSA) is 94.7 Å². The molecular weight excluding hydrogens is 445 g/mol. The molecule has 0 spiro atoms. The average molecular weight is 476 g/mol. The number of benzene rings is 2. The highest BCUT2D eigenvalue weighted by Gasteiger charge is 2.16. The van der Waals surface area contributed by atoms with Crippen molar-refractivity contribution in [1.29, 1.82) is 0 Å². The van der Waals surface area contributed by atoms with Crippen LogP contribution in [0.2, 0.25) is 0 Å². The van der Waals surface area contributed by atoms with Crippen LogP contribution in [0.15, 0.2) is 42.5 Å². The smallest absolute Gasteiger partial charge is 0.273 e. The quantitative estimate of drug-likeness (QED) is 0.238. The number of rotatable bonds is 10. The fourth-order valence-electron chi connectivity index (χ4n) is 3.07. The Balaban J connectivity index is 1.89. The summed E-state index contributed by atoms with van der Waals surface area (Å²) >= 11 is 5.18. The van der Waals surface area contributed by atoms with Crippen molar-refractivity contribution in [3.63, 3.8) is 0 Å². The van der Waals surface area contributed by atoms with E-state index in [0.29, 0.717) is 17.3 Å². The number of halogens is 1. The first-order chi connectivity index (χ1) is 15.9. The molecular formula is C23H30FN5O3S. The van der Waals surface area contributed by atoms with Gasteiger partial charge in [0.15, 0.2) is 5.11 Å². The van der Waals surface area contributed by atoms with Gasteiger partial charge in [-0.25, -0.2) is 4.39 Å². The van der Waals surface area contributed by atoms with Crippen LogP contribution in [0.25, 0.3) is 0 Å². The minimum Gasteiger partial charge on any atom is -0.496 e. The lowest BCUT2D eigenvalue weighted by Gasteiger charge is -2.18. The molecule has 0 saturated heterocycles. The molecule has 33 heavy (non-hydrogen) atoms. The summed E-state index contributed by atoms with van der Waals surface area (Å²) in [7, 11) is 1.41. The molecule has 2 aromatic carbocycles. The van der Waals surface area contributed by atoms with Crippen LogP contribution < -0.4 is 26.2 Å². The van der Waals surface area contributed by atoms with Crippen molar-refractivity contribution in [3.8, 4) is 5.75 Å². The van der Waals surface area contributed by atoms with Crippen LogP contribution in [-0.4, -0.2) is 55.1 Å². The lowest BCUT2D eigenvalue weighted by Crippen LogP contribution is -2.47. The van der Waals surface area contributed by atoms with Gasteiger partial charge in [-0.3, -0.25) is 20.4 Å². The maximum Gasteiger partial charge on any atom is 0.273 e. The van der Waals surface area contributed by atoms with E-state index in [1.54, 1.807) is 6.07 Å². The Labute approximate surface area is 198 Å². The number of carbonyl (C=O) groups is 2. The molecule has 0 heterocycles. The monoisotopic (exact) mass is 475 g/mol. The van der Waals surface area contributed by atoms with Gasteiger partial charge in [0, 0.05) is 18.3 Å². The van der Waals surface area contributed by atoms with Gasteiger partial charge in [-0.15, -0.1) is 0 Å². The van der Waals surface area contributed by atoms with Crippen molar-refractivity contribution < 1.29 is 18.7 Å². The first-order valence-corrected chi connectivity index (χ1v) is 11.1. The lowest BCUT2D eigenvalue weighted by molar-refractivity contribution is 0.0940. The Kier molecular flexibility index (Phi) is 10.5. The Morgan fingerprint density at radius 2 is 1.76 bits per heavy atom. The number of hydrogen-bond acceptors (Lipinski definition) is 5. The van der Waals surface area contributed by atoms with Crippen LogP contribution >= 0.6 is 12.2 Å². The van der Waals surface area contributed by atoms with Gasteiger partial charge in [0.2, 0.25) is 0 Å². The number of methoxy groups -OCH3 is 1. The first-order valence-electron chi connectivity index (χ1n) is 10.7. The number of hydrogen-bond donors (Lipinski definition) is 4. The highest BCUT2D eigenvalue weighted by atomic mass is 32.1. The van der Waals surface area contributed by atoms with Gasteiger partial charge in [0.25, 0.3) is 11.8 Å². The second kappa shape index (κ2) is 13.3. The highest BCUT2D eigenvalue weighted by molar-refractivity contribution is 7.80. The van der Waals surface area contributed by atoms with E-state index >= 15 is 0 Å². The summed E-state index contributed by atoms with van der Waals surface area (Å²) in [5.74, 6) is -1.46. The average Bonchev–Trinajstić information content (AvgIpc) is 2.82. The van der Waals surface area contributed by atoms with Gasteiger partial charge in [0.1, 0.15) is 11.6 Å². The maximum atomic E-state index is 13.8. The number of amides is 2. The van der Waals surface area contributed by atoms with Gasteiger partial charge in [0.05, 0.1) is 18.2 Å². The predicted molar refractivity (Wildman–Crippen MR) is 131 cm³/mol. The standard InChI is InChI=1S/C23H30FN5O3S/c1-4-29(5-2)14-8-13-25-23(33)28-27-22(31)18-12-11-16(15-20(18)32-3)26-21(30)17-9-6-7-10-19(17)24/h6-7,9-12,15H,4-5,8,13-14H2,1-3H3,(H,26,30)(H,27,31)(H2,25,28,33). The number of ether oxygens (including phenoxy) is 1. The second-order valence-corrected chi connectivity index (χ2v) is 7.47. The molecule has 2 aromatic rings. The summed E-state index contributed by atoms with van der Waals surface area (Å²) in [5.41, 5.74) is 5.69. The zero-order valence-corrected chi connectivity index (χ0v) is 19.9. The van der Waals surface area contributed by atoms with Crippen LogP contribution in [0, 0.1) is 5.82 Å². The second-order valence-electron chi connectivity index (χ2n) is 7.06. The summed E-state index contributed by atoms with van der Waals surface area (Å²) in [5, 5.41) is 5.94. The normalized spacial score (nSPS) is 10.5. The van der Waals surface area contributed by atoms with Crippen molar-refractivity contribution in [2.75, 3.05) is 38.6 Å². The van der Waals surface area contributed by atoms with Gasteiger partial charge >= 0.3 is 0 Å². The molecule has 0 aromatic heterocycles. The summed E-state index contributed by atoms with van der Waals surface area (Å²) < 4.78 is 19.1. The Hall–Kier alpha value is -3.24. The van der Waals surface area contributed by atoms with E-state index in [1.807, 2.05) is 0 Å². The minimum absolute atomic E-state index is 0.0828. The molecule has 0 aliphatic rings. The van der Waals surface area contributed by atoms with Gasteiger partial charge < -0.3 is 20.3 Å². The molecule has 178 valence electrons. The maximum absolute atomic E-state index is 13.8. The van der Waals surface area contributed by atoms with Crippen LogP contribution in [-0.2, 0) is 0 Å². The lowest BCUT2D eigenvalue weighted by atomic mass is 10.1. The Morgan fingerprint density at radius 1 is 1.03 bits per heavy atom. The van der Waals surface area contributed by atoms with Crippen molar-refractivity contribution in [1.82, 2.24) is 21.1 Å². The zero-order chi connectivity index (χ0) is 24.2. The predicted octanol–water partition coefficient (Wildman–Crippen LogP) is 2.93. The van der Waals surface area contributed by atoms with Crippen LogP contribution in [0.5, 0.6) is 5.75 Å². The third kappa shape index (κ3) is 7.99. The molecule has 10 heteroatoms. The third-order valence-corrected chi connectivity index (χ3v) is 5.19. The first kappa shape index (κ1) is 26.0. The van der Waals surface area contributed by atoms with E-state index in [2.05, 4.69) is 40.2 Å². The van der Waals surface area contributed by atoms with E-state index < -0.39 is 17.6 Å².